The van der Waals surface area contributed by atoms with Crippen molar-refractivity contribution < 1.29 is 9.90 Å². The molecule has 2 fully saturated rings. The van der Waals surface area contributed by atoms with Gasteiger partial charge in [0, 0.05) is 12.3 Å². The summed E-state index contributed by atoms with van der Waals surface area (Å²) in [6.07, 6.45) is 7.34. The van der Waals surface area contributed by atoms with E-state index in [1.54, 1.807) is 12.1 Å². The predicted molar refractivity (Wildman–Crippen MR) is 84.1 cm³/mol. The van der Waals surface area contributed by atoms with Gasteiger partial charge in [-0.1, -0.05) is 31.4 Å². The predicted octanol–water partition coefficient (Wildman–Crippen LogP) is 3.39. The minimum absolute atomic E-state index is 0.0793. The van der Waals surface area contributed by atoms with Crippen LogP contribution in [0.5, 0.6) is 0 Å². The van der Waals surface area contributed by atoms with Crippen LogP contribution in [0, 0.1) is 22.7 Å². The lowest BCUT2D eigenvalue weighted by molar-refractivity contribution is -0.137. The molecule has 3 rings (SSSR count). The Kier molecular flexibility index (Phi) is 4.31. The van der Waals surface area contributed by atoms with Gasteiger partial charge in [-0.05, 0) is 48.8 Å². The first-order valence-electron chi connectivity index (χ1n) is 8.32. The Hall–Kier alpha value is -1.66. The van der Waals surface area contributed by atoms with E-state index in [0.717, 1.165) is 24.8 Å². The molecule has 1 N–H and O–H groups in total. The number of ketones is 1. The van der Waals surface area contributed by atoms with Crippen molar-refractivity contribution in [1.82, 2.24) is 0 Å². The van der Waals surface area contributed by atoms with Crippen molar-refractivity contribution in [3.05, 3.63) is 35.4 Å². The number of rotatable bonds is 2. The number of nitriles is 1. The Morgan fingerprint density at radius 3 is 2.45 bits per heavy atom. The number of benzene rings is 1. The smallest absolute Gasteiger partial charge is 0.139 e. The number of aliphatic hydroxyl groups excluding tert-OH is 1. The zero-order chi connectivity index (χ0) is 15.6. The first-order chi connectivity index (χ1) is 10.6. The molecular formula is C19H23NO2. The molecule has 2 aliphatic carbocycles. The first-order valence-corrected chi connectivity index (χ1v) is 8.32. The molecule has 0 unspecified atom stereocenters. The van der Waals surface area contributed by atoms with E-state index in [0.29, 0.717) is 18.4 Å². The molecule has 0 saturated heterocycles. The molecule has 1 spiro atoms. The minimum atomic E-state index is -0.519. The van der Waals surface area contributed by atoms with E-state index in [1.807, 2.05) is 12.1 Å². The van der Waals surface area contributed by atoms with Gasteiger partial charge in [-0.2, -0.15) is 5.26 Å². The van der Waals surface area contributed by atoms with Crippen LogP contribution in [0.15, 0.2) is 24.3 Å². The van der Waals surface area contributed by atoms with Crippen LogP contribution in [0.1, 0.15) is 56.1 Å². The zero-order valence-corrected chi connectivity index (χ0v) is 12.9. The highest BCUT2D eigenvalue weighted by molar-refractivity contribution is 5.83. The standard InChI is InChI=1S/C19H23NO2/c20-13-15-6-4-14(5-7-15)10-16-17(21)11-19(12-18(16)22)8-2-1-3-9-19/h4-7,16-17,21H,1-3,8-12H2/t16-,17+/m0/s1. The highest BCUT2D eigenvalue weighted by Gasteiger charge is 2.45. The molecule has 0 aromatic heterocycles. The highest BCUT2D eigenvalue weighted by Crippen LogP contribution is 2.48. The SMILES string of the molecule is N#Cc1ccc(C[C@@H]2C(=O)CC3(CCCCC3)C[C@H]2O)cc1. The van der Waals surface area contributed by atoms with E-state index in [1.165, 1.54) is 19.3 Å². The lowest BCUT2D eigenvalue weighted by Crippen LogP contribution is -2.44. The molecule has 2 atom stereocenters. The normalized spacial score (nSPS) is 27.5. The third kappa shape index (κ3) is 3.08. The van der Waals surface area contributed by atoms with Crippen LogP contribution in [0.4, 0.5) is 0 Å². The number of carbonyl (C=O) groups excluding carboxylic acids is 1. The average molecular weight is 297 g/mol. The van der Waals surface area contributed by atoms with Gasteiger partial charge in [0.25, 0.3) is 0 Å². The van der Waals surface area contributed by atoms with E-state index < -0.39 is 6.10 Å². The molecule has 0 heterocycles. The second kappa shape index (κ2) is 6.22. The van der Waals surface area contributed by atoms with Crippen LogP contribution in [0.3, 0.4) is 0 Å². The number of Topliss-reactive ketones (excluding diaryl/α,β-unsaturated/α-hetero) is 1. The summed E-state index contributed by atoms with van der Waals surface area (Å²) >= 11 is 0. The third-order valence-electron chi connectivity index (χ3n) is 5.52. The van der Waals surface area contributed by atoms with E-state index >= 15 is 0 Å². The Bertz CT molecular complexity index is 578. The molecule has 0 aliphatic heterocycles. The molecule has 0 amide bonds. The average Bonchev–Trinajstić information content (AvgIpc) is 2.52. The van der Waals surface area contributed by atoms with Crippen LogP contribution < -0.4 is 0 Å². The van der Waals surface area contributed by atoms with Crippen molar-refractivity contribution in [2.24, 2.45) is 11.3 Å². The molecule has 1 aromatic rings. The van der Waals surface area contributed by atoms with Gasteiger partial charge in [-0.25, -0.2) is 0 Å². The summed E-state index contributed by atoms with van der Waals surface area (Å²) in [5.41, 5.74) is 1.73. The summed E-state index contributed by atoms with van der Waals surface area (Å²) in [4.78, 5) is 12.6. The quantitative estimate of drug-likeness (QED) is 0.910. The van der Waals surface area contributed by atoms with Gasteiger partial charge in [0.1, 0.15) is 5.78 Å². The molecule has 1 aromatic carbocycles. The third-order valence-corrected chi connectivity index (χ3v) is 5.52. The number of hydrogen-bond donors (Lipinski definition) is 1. The maximum absolute atomic E-state index is 12.6. The second-order valence-electron chi connectivity index (χ2n) is 7.09. The van der Waals surface area contributed by atoms with Crippen molar-refractivity contribution in [1.29, 1.82) is 5.26 Å². The first kappa shape index (κ1) is 15.2. The molecule has 0 radical (unpaired) electrons. The topological polar surface area (TPSA) is 61.1 Å². The van der Waals surface area contributed by atoms with Crippen LogP contribution in [0.2, 0.25) is 0 Å². The fourth-order valence-electron chi connectivity index (χ4n) is 4.28. The summed E-state index contributed by atoms with van der Waals surface area (Å²) < 4.78 is 0. The van der Waals surface area contributed by atoms with Gasteiger partial charge in [-0.15, -0.1) is 0 Å². The maximum Gasteiger partial charge on any atom is 0.139 e. The monoisotopic (exact) mass is 297 g/mol. The summed E-state index contributed by atoms with van der Waals surface area (Å²) in [5, 5.41) is 19.4. The van der Waals surface area contributed by atoms with E-state index in [9.17, 15) is 9.90 Å². The zero-order valence-electron chi connectivity index (χ0n) is 12.9. The number of hydrogen-bond acceptors (Lipinski definition) is 3. The molecule has 22 heavy (non-hydrogen) atoms. The molecule has 2 aliphatic rings. The maximum atomic E-state index is 12.6. The van der Waals surface area contributed by atoms with Crippen molar-refractivity contribution in [2.45, 2.75) is 57.5 Å². The van der Waals surface area contributed by atoms with Gasteiger partial charge >= 0.3 is 0 Å². The molecule has 0 bridgehead atoms. The van der Waals surface area contributed by atoms with Gasteiger partial charge in [0.2, 0.25) is 0 Å². The molecule has 2 saturated carbocycles. The number of nitrogens with zero attached hydrogens (tertiary/aromatic N) is 1. The fourth-order valence-corrected chi connectivity index (χ4v) is 4.28. The van der Waals surface area contributed by atoms with Crippen LogP contribution in [-0.2, 0) is 11.2 Å². The van der Waals surface area contributed by atoms with Gasteiger partial charge in [0.15, 0.2) is 0 Å². The lowest BCUT2D eigenvalue weighted by Gasteiger charge is -2.44. The molecular weight excluding hydrogens is 274 g/mol. The number of carbonyl (C=O) groups is 1. The Morgan fingerprint density at radius 1 is 1.18 bits per heavy atom. The Balaban J connectivity index is 1.69. The van der Waals surface area contributed by atoms with E-state index in [4.69, 9.17) is 5.26 Å². The van der Waals surface area contributed by atoms with Crippen LogP contribution >= 0.6 is 0 Å². The fraction of sp³-hybridized carbons (Fsp3) is 0.579. The summed E-state index contributed by atoms with van der Waals surface area (Å²) in [7, 11) is 0. The summed E-state index contributed by atoms with van der Waals surface area (Å²) in [5.74, 6) is -0.0505. The Labute approximate surface area is 132 Å². The summed E-state index contributed by atoms with van der Waals surface area (Å²) in [6, 6.07) is 9.43. The number of aliphatic hydroxyl groups is 1. The van der Waals surface area contributed by atoms with Gasteiger partial charge in [0.05, 0.1) is 17.7 Å². The summed E-state index contributed by atoms with van der Waals surface area (Å²) in [6.45, 7) is 0. The second-order valence-corrected chi connectivity index (χ2v) is 7.09. The van der Waals surface area contributed by atoms with Gasteiger partial charge in [-0.3, -0.25) is 4.79 Å². The highest BCUT2D eigenvalue weighted by atomic mass is 16.3. The van der Waals surface area contributed by atoms with Crippen molar-refractivity contribution >= 4 is 5.78 Å². The van der Waals surface area contributed by atoms with E-state index in [-0.39, 0.29) is 17.1 Å². The van der Waals surface area contributed by atoms with Crippen LogP contribution in [0.25, 0.3) is 0 Å². The van der Waals surface area contributed by atoms with Crippen molar-refractivity contribution in [3.63, 3.8) is 0 Å². The van der Waals surface area contributed by atoms with Crippen molar-refractivity contribution in [3.8, 4) is 6.07 Å². The largest absolute Gasteiger partial charge is 0.392 e. The van der Waals surface area contributed by atoms with Crippen molar-refractivity contribution in [2.75, 3.05) is 0 Å². The molecule has 116 valence electrons. The van der Waals surface area contributed by atoms with Crippen LogP contribution in [-0.4, -0.2) is 17.0 Å². The van der Waals surface area contributed by atoms with E-state index in [2.05, 4.69) is 6.07 Å². The molecule has 3 nitrogen and oxygen atoms in total. The minimum Gasteiger partial charge on any atom is -0.392 e. The lowest BCUT2D eigenvalue weighted by atomic mass is 9.61. The van der Waals surface area contributed by atoms with Gasteiger partial charge < -0.3 is 5.11 Å². The molecule has 3 heteroatoms. The Morgan fingerprint density at radius 2 is 1.86 bits per heavy atom.